The molecule has 1 aliphatic heterocycles. The number of rotatable bonds is 11. The first-order chi connectivity index (χ1) is 20.7. The van der Waals surface area contributed by atoms with Crippen LogP contribution in [0.25, 0.3) is 10.9 Å². The van der Waals surface area contributed by atoms with Crippen molar-refractivity contribution in [3.63, 3.8) is 0 Å². The molecule has 0 spiro atoms. The highest BCUT2D eigenvalue weighted by molar-refractivity contribution is 6.09. The van der Waals surface area contributed by atoms with E-state index in [-0.39, 0.29) is 11.8 Å². The Morgan fingerprint density at radius 3 is 2.02 bits per heavy atom. The zero-order chi connectivity index (χ0) is 28.7. The first-order valence-corrected chi connectivity index (χ1v) is 15.6. The van der Waals surface area contributed by atoms with E-state index in [1.54, 1.807) is 0 Å². The Morgan fingerprint density at radius 2 is 1.38 bits per heavy atom. The molecule has 0 saturated carbocycles. The lowest BCUT2D eigenvalue weighted by molar-refractivity contribution is 0.101. The van der Waals surface area contributed by atoms with Crippen LogP contribution in [0.2, 0.25) is 0 Å². The Kier molecular flexibility index (Phi) is 8.81. The molecule has 0 unspecified atom stereocenters. The maximum Gasteiger partial charge on any atom is 0.272 e. The highest BCUT2D eigenvalue weighted by Crippen LogP contribution is 2.40. The van der Waals surface area contributed by atoms with Gasteiger partial charge in [0.15, 0.2) is 0 Å². The molecule has 1 saturated heterocycles. The minimum atomic E-state index is -0.0789. The third-order valence-corrected chi connectivity index (χ3v) is 8.58. The summed E-state index contributed by atoms with van der Waals surface area (Å²) in [4.78, 5) is 17.0. The van der Waals surface area contributed by atoms with E-state index in [0.29, 0.717) is 0 Å². The molecule has 1 aromatic heterocycles. The largest absolute Gasteiger partial charge is 0.336 e. The number of carbonyl (C=O) groups excluding carboxylic acids is 1. The maximum atomic E-state index is 14.5. The predicted octanol–water partition coefficient (Wildman–Crippen LogP) is 8.51. The summed E-state index contributed by atoms with van der Waals surface area (Å²) in [6, 6.07) is 38.1. The molecular formula is C38H41N3O. The van der Waals surface area contributed by atoms with Crippen LogP contribution in [0.4, 0.5) is 5.69 Å². The van der Waals surface area contributed by atoms with Gasteiger partial charge >= 0.3 is 0 Å². The third-order valence-electron chi connectivity index (χ3n) is 8.58. The van der Waals surface area contributed by atoms with Gasteiger partial charge in [-0.05, 0) is 80.2 Å². The van der Waals surface area contributed by atoms with Gasteiger partial charge < -0.3 is 14.8 Å². The van der Waals surface area contributed by atoms with Gasteiger partial charge in [-0.3, -0.25) is 4.79 Å². The highest BCUT2D eigenvalue weighted by atomic mass is 16.2. The van der Waals surface area contributed by atoms with Crippen molar-refractivity contribution in [2.45, 2.75) is 51.5 Å². The average molecular weight is 556 g/mol. The number of nitrogens with one attached hydrogen (secondary N) is 1. The molecular weight excluding hydrogens is 514 g/mol. The molecule has 4 aromatic carbocycles. The molecule has 42 heavy (non-hydrogen) atoms. The van der Waals surface area contributed by atoms with Crippen molar-refractivity contribution < 1.29 is 4.79 Å². The van der Waals surface area contributed by atoms with Crippen LogP contribution in [-0.4, -0.2) is 35.0 Å². The van der Waals surface area contributed by atoms with Crippen LogP contribution in [-0.2, 0) is 13.0 Å². The zero-order valence-corrected chi connectivity index (χ0v) is 24.6. The van der Waals surface area contributed by atoms with Gasteiger partial charge in [-0.2, -0.15) is 0 Å². The number of para-hydroxylation sites is 1. The summed E-state index contributed by atoms with van der Waals surface area (Å²) in [5.74, 6) is -0.132. The second-order valence-corrected chi connectivity index (χ2v) is 11.5. The molecule has 1 fully saturated rings. The summed E-state index contributed by atoms with van der Waals surface area (Å²) in [6.45, 7) is 6.41. The maximum absolute atomic E-state index is 14.5. The fourth-order valence-electron chi connectivity index (χ4n) is 6.61. The highest BCUT2D eigenvalue weighted by Gasteiger charge is 2.30. The first kappa shape index (κ1) is 28.0. The van der Waals surface area contributed by atoms with Crippen molar-refractivity contribution in [1.82, 2.24) is 9.47 Å². The number of anilines is 1. The van der Waals surface area contributed by atoms with Gasteiger partial charge in [0.05, 0.1) is 0 Å². The number of aromatic nitrogens is 1. The Bertz CT molecular complexity index is 1560. The summed E-state index contributed by atoms with van der Waals surface area (Å²) in [6.07, 6.45) is 5.73. The topological polar surface area (TPSA) is 37.3 Å². The minimum absolute atomic E-state index is 0.0533. The van der Waals surface area contributed by atoms with E-state index in [2.05, 4.69) is 119 Å². The number of carbonyl (C=O) groups is 1. The van der Waals surface area contributed by atoms with Crippen LogP contribution in [0.1, 0.15) is 71.3 Å². The average Bonchev–Trinajstić information content (AvgIpc) is 3.66. The molecule has 0 radical (unpaired) electrons. The number of aryl methyl sites for hydroxylation is 2. The van der Waals surface area contributed by atoms with Gasteiger partial charge in [-0.25, -0.2) is 0 Å². The molecule has 4 nitrogen and oxygen atoms in total. The summed E-state index contributed by atoms with van der Waals surface area (Å²) in [7, 11) is 0. The molecule has 2 heterocycles. The summed E-state index contributed by atoms with van der Waals surface area (Å²) in [5, 5.41) is 4.43. The van der Waals surface area contributed by atoms with E-state index >= 15 is 0 Å². The van der Waals surface area contributed by atoms with Gasteiger partial charge in [-0.1, -0.05) is 104 Å². The number of amides is 1. The van der Waals surface area contributed by atoms with E-state index in [9.17, 15) is 4.79 Å². The van der Waals surface area contributed by atoms with Gasteiger partial charge in [0.1, 0.15) is 5.69 Å². The van der Waals surface area contributed by atoms with E-state index in [4.69, 9.17) is 0 Å². The van der Waals surface area contributed by atoms with E-state index < -0.39 is 0 Å². The van der Waals surface area contributed by atoms with Crippen molar-refractivity contribution in [2.75, 3.05) is 25.0 Å². The lowest BCUT2D eigenvalue weighted by Crippen LogP contribution is -2.24. The smallest absolute Gasteiger partial charge is 0.272 e. The second kappa shape index (κ2) is 13.2. The molecule has 0 atom stereocenters. The van der Waals surface area contributed by atoms with Crippen LogP contribution < -0.4 is 5.32 Å². The van der Waals surface area contributed by atoms with Crippen molar-refractivity contribution in [1.29, 1.82) is 0 Å². The Hall–Kier alpha value is -4.15. The standard InChI is InChI=1S/C38H41N3O/c1-2-14-29-21-23-32(24-22-29)39-38(42)37-36(35(30-15-5-3-6-16-30)31-17-7-4-8-18-31)33-19-9-10-20-34(33)41(37)28-13-27-40-25-11-12-26-40/h3-10,15-24,35H,2,11-14,25-28H2,1H3,(H,39,42). The number of hydrogen-bond donors (Lipinski definition) is 1. The summed E-state index contributed by atoms with van der Waals surface area (Å²) >= 11 is 0. The molecule has 0 bridgehead atoms. The quantitative estimate of drug-likeness (QED) is 0.177. The number of benzene rings is 4. The van der Waals surface area contributed by atoms with Crippen LogP contribution in [0.3, 0.4) is 0 Å². The summed E-state index contributed by atoms with van der Waals surface area (Å²) < 4.78 is 2.29. The number of hydrogen-bond acceptors (Lipinski definition) is 2. The second-order valence-electron chi connectivity index (χ2n) is 11.5. The lowest BCUT2D eigenvalue weighted by atomic mass is 9.83. The fourth-order valence-corrected chi connectivity index (χ4v) is 6.61. The monoisotopic (exact) mass is 555 g/mol. The van der Waals surface area contributed by atoms with Crippen molar-refractivity contribution in [3.8, 4) is 0 Å². The molecule has 214 valence electrons. The van der Waals surface area contributed by atoms with Gasteiger partial charge in [0.25, 0.3) is 5.91 Å². The first-order valence-electron chi connectivity index (χ1n) is 15.6. The lowest BCUT2D eigenvalue weighted by Gasteiger charge is -2.21. The molecule has 6 rings (SSSR count). The molecule has 1 amide bonds. The van der Waals surface area contributed by atoms with Crippen molar-refractivity contribution >= 4 is 22.5 Å². The van der Waals surface area contributed by atoms with Crippen LogP contribution in [0.5, 0.6) is 0 Å². The SMILES string of the molecule is CCCc1ccc(NC(=O)c2c(C(c3ccccc3)c3ccccc3)c3ccccc3n2CCCN2CCCC2)cc1. The number of fused-ring (bicyclic) bond motifs is 1. The Balaban J connectivity index is 1.48. The van der Waals surface area contributed by atoms with Gasteiger partial charge in [0.2, 0.25) is 0 Å². The number of nitrogens with zero attached hydrogens (tertiary/aromatic N) is 2. The molecule has 0 aliphatic carbocycles. The van der Waals surface area contributed by atoms with E-state index in [1.165, 1.54) is 42.6 Å². The van der Waals surface area contributed by atoms with E-state index in [1.807, 2.05) is 12.1 Å². The van der Waals surface area contributed by atoms with Crippen molar-refractivity contribution in [3.05, 3.63) is 137 Å². The predicted molar refractivity (Wildman–Crippen MR) is 174 cm³/mol. The molecule has 1 aliphatic rings. The van der Waals surface area contributed by atoms with Crippen LogP contribution >= 0.6 is 0 Å². The fraction of sp³-hybridized carbons (Fsp3) is 0.289. The molecule has 1 N–H and O–H groups in total. The molecule has 5 aromatic rings. The van der Waals surface area contributed by atoms with Gasteiger partial charge in [-0.15, -0.1) is 0 Å². The normalized spacial score (nSPS) is 13.7. The molecule has 4 heteroatoms. The van der Waals surface area contributed by atoms with E-state index in [0.717, 1.165) is 60.2 Å². The summed E-state index contributed by atoms with van der Waals surface area (Å²) in [5.41, 5.74) is 7.44. The Labute approximate surface area is 250 Å². The van der Waals surface area contributed by atoms with Gasteiger partial charge in [0, 0.05) is 34.6 Å². The zero-order valence-electron chi connectivity index (χ0n) is 24.6. The number of likely N-dealkylation sites (tertiary alicyclic amines) is 1. The third kappa shape index (κ3) is 6.05. The minimum Gasteiger partial charge on any atom is -0.336 e. The van der Waals surface area contributed by atoms with Crippen LogP contribution in [0, 0.1) is 0 Å². The Morgan fingerprint density at radius 1 is 0.762 bits per heavy atom. The van der Waals surface area contributed by atoms with Crippen LogP contribution in [0.15, 0.2) is 109 Å². The van der Waals surface area contributed by atoms with Crippen molar-refractivity contribution in [2.24, 2.45) is 0 Å².